The highest BCUT2D eigenvalue weighted by atomic mass is 127. The summed E-state index contributed by atoms with van der Waals surface area (Å²) in [5, 5.41) is 0. The lowest BCUT2D eigenvalue weighted by molar-refractivity contribution is -0.131. The molecule has 104 valence electrons. The molecule has 1 heterocycles. The Morgan fingerprint density at radius 2 is 1.84 bits per heavy atom. The van der Waals surface area contributed by atoms with Crippen LogP contribution in [0.15, 0.2) is 24.3 Å². The number of hydrogen-bond donors (Lipinski definition) is 0. The zero-order valence-corrected chi connectivity index (χ0v) is 13.6. The molecule has 1 aliphatic heterocycles. The Balaban J connectivity index is 2.03. The fraction of sp³-hybridized carbons (Fsp3) is 0.533. The van der Waals surface area contributed by atoms with E-state index in [1.165, 1.54) is 3.57 Å². The first kappa shape index (κ1) is 14.9. The molecule has 0 saturated carbocycles. The highest BCUT2D eigenvalue weighted by Gasteiger charge is 2.34. The van der Waals surface area contributed by atoms with Crippen molar-refractivity contribution in [2.75, 3.05) is 26.3 Å². The summed E-state index contributed by atoms with van der Waals surface area (Å²) in [5.74, 6) is 0.274. The van der Waals surface area contributed by atoms with Crippen molar-refractivity contribution in [2.45, 2.75) is 25.8 Å². The standard InChI is InChI=1S/C15H20INO2/c1-15(2,17-7-9-19-10-8-17)14(18)11-12-3-5-13(16)6-4-12/h3-6H,7-11H2,1-2H3. The summed E-state index contributed by atoms with van der Waals surface area (Å²) in [4.78, 5) is 14.8. The molecule has 2 rings (SSSR count). The van der Waals surface area contributed by atoms with Crippen LogP contribution in [0, 0.1) is 3.57 Å². The van der Waals surface area contributed by atoms with Gasteiger partial charge in [0.1, 0.15) is 0 Å². The van der Waals surface area contributed by atoms with E-state index >= 15 is 0 Å². The second-order valence-corrected chi connectivity index (χ2v) is 6.63. The molecular formula is C15H20INO2. The molecule has 0 amide bonds. The van der Waals surface area contributed by atoms with Gasteiger partial charge in [-0.05, 0) is 54.1 Å². The molecule has 0 atom stereocenters. The molecule has 1 saturated heterocycles. The first-order valence-corrected chi connectivity index (χ1v) is 7.68. The van der Waals surface area contributed by atoms with Gasteiger partial charge in [0.15, 0.2) is 5.78 Å². The predicted octanol–water partition coefficient (Wildman–Crippen LogP) is 2.51. The number of rotatable bonds is 4. The third-order valence-corrected chi connectivity index (χ3v) is 4.48. The quantitative estimate of drug-likeness (QED) is 0.760. The van der Waals surface area contributed by atoms with Gasteiger partial charge in [0.05, 0.1) is 18.8 Å². The molecule has 0 aromatic heterocycles. The zero-order chi connectivity index (χ0) is 13.9. The molecule has 19 heavy (non-hydrogen) atoms. The van der Waals surface area contributed by atoms with Gasteiger partial charge in [-0.15, -0.1) is 0 Å². The highest BCUT2D eigenvalue weighted by Crippen LogP contribution is 2.20. The molecule has 3 nitrogen and oxygen atoms in total. The van der Waals surface area contributed by atoms with Crippen LogP contribution in [0.25, 0.3) is 0 Å². The summed E-state index contributed by atoms with van der Waals surface area (Å²) >= 11 is 2.27. The maximum absolute atomic E-state index is 12.5. The monoisotopic (exact) mass is 373 g/mol. The summed E-state index contributed by atoms with van der Waals surface area (Å²) in [7, 11) is 0. The molecule has 0 radical (unpaired) electrons. The van der Waals surface area contributed by atoms with E-state index in [1.807, 2.05) is 38.1 Å². The molecule has 1 fully saturated rings. The SMILES string of the molecule is CC(C)(C(=O)Cc1ccc(I)cc1)N1CCOCC1. The summed E-state index contributed by atoms with van der Waals surface area (Å²) in [6.07, 6.45) is 0.501. The van der Waals surface area contributed by atoms with Gasteiger partial charge >= 0.3 is 0 Å². The Labute approximate surface area is 128 Å². The number of carbonyl (C=O) groups is 1. The van der Waals surface area contributed by atoms with Crippen molar-refractivity contribution < 1.29 is 9.53 Å². The first-order valence-electron chi connectivity index (χ1n) is 6.60. The van der Waals surface area contributed by atoms with Crippen molar-refractivity contribution in [3.8, 4) is 0 Å². The summed E-state index contributed by atoms with van der Waals surface area (Å²) < 4.78 is 6.55. The maximum Gasteiger partial charge on any atom is 0.156 e. The van der Waals surface area contributed by atoms with Gasteiger partial charge in [-0.25, -0.2) is 0 Å². The van der Waals surface area contributed by atoms with E-state index in [0.717, 1.165) is 31.9 Å². The number of halogens is 1. The highest BCUT2D eigenvalue weighted by molar-refractivity contribution is 14.1. The minimum atomic E-state index is -0.410. The second-order valence-electron chi connectivity index (χ2n) is 5.38. The summed E-state index contributed by atoms with van der Waals surface area (Å²) in [6.45, 7) is 7.16. The summed E-state index contributed by atoms with van der Waals surface area (Å²) in [5.41, 5.74) is 0.680. The first-order chi connectivity index (χ1) is 9.00. The van der Waals surface area contributed by atoms with E-state index in [-0.39, 0.29) is 5.78 Å². The number of ether oxygens (including phenoxy) is 1. The Morgan fingerprint density at radius 3 is 2.42 bits per heavy atom. The Morgan fingerprint density at radius 1 is 1.26 bits per heavy atom. The van der Waals surface area contributed by atoms with Crippen molar-refractivity contribution >= 4 is 28.4 Å². The molecule has 1 aromatic rings. The average molecular weight is 373 g/mol. The van der Waals surface area contributed by atoms with E-state index < -0.39 is 5.54 Å². The van der Waals surface area contributed by atoms with Crippen LogP contribution in [-0.4, -0.2) is 42.5 Å². The lowest BCUT2D eigenvalue weighted by Crippen LogP contribution is -2.54. The number of morpholine rings is 1. The van der Waals surface area contributed by atoms with Crippen LogP contribution in [0.1, 0.15) is 19.4 Å². The van der Waals surface area contributed by atoms with Crippen LogP contribution in [0.2, 0.25) is 0 Å². The molecule has 0 N–H and O–H groups in total. The fourth-order valence-corrected chi connectivity index (χ4v) is 2.66. The minimum Gasteiger partial charge on any atom is -0.379 e. The van der Waals surface area contributed by atoms with Crippen molar-refractivity contribution in [1.82, 2.24) is 4.90 Å². The topological polar surface area (TPSA) is 29.5 Å². The van der Waals surface area contributed by atoms with Gasteiger partial charge in [0.25, 0.3) is 0 Å². The van der Waals surface area contributed by atoms with Crippen molar-refractivity contribution in [3.63, 3.8) is 0 Å². The molecule has 1 aromatic carbocycles. The average Bonchev–Trinajstić information content (AvgIpc) is 2.42. The van der Waals surface area contributed by atoms with E-state index in [4.69, 9.17) is 4.74 Å². The molecular weight excluding hydrogens is 353 g/mol. The van der Waals surface area contributed by atoms with E-state index in [1.54, 1.807) is 0 Å². The largest absolute Gasteiger partial charge is 0.379 e. The van der Waals surface area contributed by atoms with Crippen molar-refractivity contribution in [1.29, 1.82) is 0 Å². The molecule has 0 spiro atoms. The van der Waals surface area contributed by atoms with Crippen LogP contribution in [0.4, 0.5) is 0 Å². The lowest BCUT2D eigenvalue weighted by Gasteiger charge is -2.39. The van der Waals surface area contributed by atoms with Crippen molar-refractivity contribution in [3.05, 3.63) is 33.4 Å². The summed E-state index contributed by atoms with van der Waals surface area (Å²) in [6, 6.07) is 8.17. The Kier molecular flexibility index (Phi) is 4.97. The van der Waals surface area contributed by atoms with E-state index in [0.29, 0.717) is 6.42 Å². The van der Waals surface area contributed by atoms with Gasteiger partial charge in [-0.1, -0.05) is 12.1 Å². The van der Waals surface area contributed by atoms with Crippen LogP contribution >= 0.6 is 22.6 Å². The van der Waals surface area contributed by atoms with Gasteiger partial charge in [0.2, 0.25) is 0 Å². The number of Topliss-reactive ketones (excluding diaryl/α,β-unsaturated/α-hetero) is 1. The number of ketones is 1. The van der Waals surface area contributed by atoms with Crippen molar-refractivity contribution in [2.24, 2.45) is 0 Å². The van der Waals surface area contributed by atoms with E-state index in [9.17, 15) is 4.79 Å². The number of nitrogens with zero attached hydrogens (tertiary/aromatic N) is 1. The number of hydrogen-bond acceptors (Lipinski definition) is 3. The van der Waals surface area contributed by atoms with Crippen LogP contribution in [-0.2, 0) is 16.0 Å². The predicted molar refractivity (Wildman–Crippen MR) is 84.3 cm³/mol. The third kappa shape index (κ3) is 3.77. The molecule has 0 aliphatic carbocycles. The van der Waals surface area contributed by atoms with Gasteiger partial charge in [0, 0.05) is 23.1 Å². The molecule has 4 heteroatoms. The number of carbonyl (C=O) groups excluding carboxylic acids is 1. The Hall–Kier alpha value is -0.460. The lowest BCUT2D eigenvalue weighted by atomic mass is 9.91. The van der Waals surface area contributed by atoms with Gasteiger partial charge in [-0.2, -0.15) is 0 Å². The molecule has 1 aliphatic rings. The van der Waals surface area contributed by atoms with Gasteiger partial charge in [-0.3, -0.25) is 9.69 Å². The van der Waals surface area contributed by atoms with Crippen LogP contribution in [0.3, 0.4) is 0 Å². The van der Waals surface area contributed by atoms with Crippen LogP contribution in [0.5, 0.6) is 0 Å². The minimum absolute atomic E-state index is 0.274. The van der Waals surface area contributed by atoms with Gasteiger partial charge < -0.3 is 4.74 Å². The molecule has 0 unspecified atom stereocenters. The fourth-order valence-electron chi connectivity index (χ4n) is 2.30. The molecule has 0 bridgehead atoms. The Bertz CT molecular complexity index is 436. The normalized spacial score (nSPS) is 17.4. The van der Waals surface area contributed by atoms with E-state index in [2.05, 4.69) is 27.5 Å². The van der Waals surface area contributed by atoms with Crippen LogP contribution < -0.4 is 0 Å². The number of benzene rings is 1. The second kappa shape index (κ2) is 6.33. The smallest absolute Gasteiger partial charge is 0.156 e. The maximum atomic E-state index is 12.5. The third-order valence-electron chi connectivity index (χ3n) is 3.76. The zero-order valence-electron chi connectivity index (χ0n) is 11.5.